The van der Waals surface area contributed by atoms with Crippen LogP contribution in [0.25, 0.3) is 16.8 Å². The third kappa shape index (κ3) is 6.89. The molecule has 190 valence electrons. The molecule has 1 heterocycles. The number of rotatable bonds is 8. The number of alkyl halides is 3. The van der Waals surface area contributed by atoms with Gasteiger partial charge in [-0.2, -0.15) is 5.10 Å². The molecule has 2 N–H and O–H groups in total. The number of carboxylic acid groups (broad SMARTS) is 1. The number of hydrogen-bond donors (Lipinski definition) is 2. The Hall–Kier alpha value is -4.31. The van der Waals surface area contributed by atoms with E-state index in [4.69, 9.17) is 11.6 Å². The highest BCUT2D eigenvalue weighted by atomic mass is 35.5. The van der Waals surface area contributed by atoms with E-state index in [9.17, 15) is 27.9 Å². The molecule has 0 bridgehead atoms. The standard InChI is InChI=1S/C26H19ClF3N3O4/c27-20-7-9-21(10-8-20)33-15-19(14-31-33)24(34)32-23(25(35)36)13-16-1-3-17(4-2-16)18-5-11-22(12-6-18)37-26(28,29)30/h1-12,14-15,23H,13H2,(H,32,34)(H,35,36). The Bertz CT molecular complexity index is 1390. The monoisotopic (exact) mass is 529 g/mol. The Morgan fingerprint density at radius 1 is 0.973 bits per heavy atom. The van der Waals surface area contributed by atoms with Gasteiger partial charge >= 0.3 is 12.3 Å². The van der Waals surface area contributed by atoms with Crippen LogP contribution in [0.5, 0.6) is 5.75 Å². The van der Waals surface area contributed by atoms with Gasteiger partial charge in [-0.15, -0.1) is 13.2 Å². The molecule has 1 amide bonds. The van der Waals surface area contributed by atoms with Gasteiger partial charge in [-0.1, -0.05) is 48.0 Å². The van der Waals surface area contributed by atoms with Gasteiger partial charge in [-0.3, -0.25) is 4.79 Å². The first-order chi connectivity index (χ1) is 17.6. The van der Waals surface area contributed by atoms with Gasteiger partial charge in [0.2, 0.25) is 0 Å². The smallest absolute Gasteiger partial charge is 0.480 e. The van der Waals surface area contributed by atoms with Crippen LogP contribution in [-0.4, -0.2) is 39.2 Å². The Kier molecular flexibility index (Phi) is 7.49. The van der Waals surface area contributed by atoms with Gasteiger partial charge in [0, 0.05) is 17.6 Å². The second-order valence-electron chi connectivity index (χ2n) is 7.99. The van der Waals surface area contributed by atoms with Crippen molar-refractivity contribution in [1.29, 1.82) is 0 Å². The molecule has 4 aromatic rings. The summed E-state index contributed by atoms with van der Waals surface area (Å²) in [7, 11) is 0. The summed E-state index contributed by atoms with van der Waals surface area (Å²) in [6.45, 7) is 0. The van der Waals surface area contributed by atoms with Crippen LogP contribution in [0.3, 0.4) is 0 Å². The van der Waals surface area contributed by atoms with Crippen molar-refractivity contribution in [2.24, 2.45) is 0 Å². The summed E-state index contributed by atoms with van der Waals surface area (Å²) in [6, 6.07) is 17.8. The molecule has 0 spiro atoms. The van der Waals surface area contributed by atoms with Gasteiger partial charge in [0.15, 0.2) is 0 Å². The predicted octanol–water partition coefficient (Wildman–Crippen LogP) is 5.52. The van der Waals surface area contributed by atoms with E-state index in [0.29, 0.717) is 27.4 Å². The third-order valence-corrected chi connectivity index (χ3v) is 5.61. The number of benzene rings is 3. The maximum Gasteiger partial charge on any atom is 0.573 e. The first-order valence-corrected chi connectivity index (χ1v) is 11.2. The normalized spacial score (nSPS) is 12.1. The van der Waals surface area contributed by atoms with Crippen molar-refractivity contribution in [1.82, 2.24) is 15.1 Å². The highest BCUT2D eigenvalue weighted by Crippen LogP contribution is 2.27. The van der Waals surface area contributed by atoms with Crippen molar-refractivity contribution in [3.8, 4) is 22.6 Å². The number of aromatic nitrogens is 2. The first-order valence-electron chi connectivity index (χ1n) is 10.9. The van der Waals surface area contributed by atoms with Gasteiger partial charge in [-0.25, -0.2) is 9.48 Å². The Balaban J connectivity index is 1.40. The number of carbonyl (C=O) groups excluding carboxylic acids is 1. The topological polar surface area (TPSA) is 93.4 Å². The maximum absolute atomic E-state index is 12.7. The first kappa shape index (κ1) is 25.8. The molecule has 1 aromatic heterocycles. The molecule has 7 nitrogen and oxygen atoms in total. The van der Waals surface area contributed by atoms with Crippen LogP contribution >= 0.6 is 11.6 Å². The largest absolute Gasteiger partial charge is 0.573 e. The van der Waals surface area contributed by atoms with Crippen LogP contribution in [-0.2, 0) is 11.2 Å². The molecule has 3 aromatic carbocycles. The van der Waals surface area contributed by atoms with E-state index in [0.717, 1.165) is 0 Å². The highest BCUT2D eigenvalue weighted by Gasteiger charge is 2.31. The van der Waals surface area contributed by atoms with Gasteiger partial charge in [0.05, 0.1) is 17.4 Å². The SMILES string of the molecule is O=C(NC(Cc1ccc(-c2ccc(OC(F)(F)F)cc2)cc1)C(=O)O)c1cnn(-c2ccc(Cl)cc2)c1. The molecule has 1 atom stereocenters. The van der Waals surface area contributed by atoms with Crippen LogP contribution in [0.1, 0.15) is 15.9 Å². The Morgan fingerprint density at radius 2 is 1.57 bits per heavy atom. The van der Waals surface area contributed by atoms with Crippen molar-refractivity contribution in [2.75, 3.05) is 0 Å². The van der Waals surface area contributed by atoms with E-state index in [1.165, 1.54) is 41.3 Å². The quantitative estimate of drug-likeness (QED) is 0.314. The van der Waals surface area contributed by atoms with Crippen molar-refractivity contribution in [3.63, 3.8) is 0 Å². The number of amides is 1. The average Bonchev–Trinajstić information content (AvgIpc) is 3.34. The zero-order valence-electron chi connectivity index (χ0n) is 18.9. The third-order valence-electron chi connectivity index (χ3n) is 5.35. The number of nitrogens with one attached hydrogen (secondary N) is 1. The molecular weight excluding hydrogens is 511 g/mol. The summed E-state index contributed by atoms with van der Waals surface area (Å²) >= 11 is 5.88. The molecule has 0 radical (unpaired) electrons. The lowest BCUT2D eigenvalue weighted by atomic mass is 10.0. The molecule has 11 heteroatoms. The molecule has 0 aliphatic heterocycles. The fourth-order valence-corrected chi connectivity index (χ4v) is 3.66. The number of ether oxygens (including phenoxy) is 1. The Morgan fingerprint density at radius 3 is 2.14 bits per heavy atom. The van der Waals surface area contributed by atoms with E-state index in [1.54, 1.807) is 48.5 Å². The van der Waals surface area contributed by atoms with Gasteiger partial charge < -0.3 is 15.2 Å². The van der Waals surface area contributed by atoms with Crippen LogP contribution < -0.4 is 10.1 Å². The van der Waals surface area contributed by atoms with Crippen LogP contribution in [0.2, 0.25) is 5.02 Å². The minimum atomic E-state index is -4.77. The molecule has 0 fully saturated rings. The summed E-state index contributed by atoms with van der Waals surface area (Å²) < 4.78 is 42.3. The molecular formula is C26H19ClF3N3O4. The molecule has 0 saturated carbocycles. The van der Waals surface area contributed by atoms with Crippen molar-refractivity contribution in [3.05, 3.63) is 101 Å². The van der Waals surface area contributed by atoms with Crippen LogP contribution in [0, 0.1) is 0 Å². The highest BCUT2D eigenvalue weighted by molar-refractivity contribution is 6.30. The number of nitrogens with zero attached hydrogens (tertiary/aromatic N) is 2. The summed E-state index contributed by atoms with van der Waals surface area (Å²) in [5.74, 6) is -2.13. The summed E-state index contributed by atoms with van der Waals surface area (Å²) in [4.78, 5) is 24.5. The maximum atomic E-state index is 12.7. The Labute approximate surface area is 214 Å². The lowest BCUT2D eigenvalue weighted by molar-refractivity contribution is -0.274. The number of aliphatic carboxylic acids is 1. The van der Waals surface area contributed by atoms with Crippen molar-refractivity contribution in [2.45, 2.75) is 18.8 Å². The van der Waals surface area contributed by atoms with E-state index in [2.05, 4.69) is 15.2 Å². The summed E-state index contributed by atoms with van der Waals surface area (Å²) in [5, 5.41) is 16.8. The fourth-order valence-electron chi connectivity index (χ4n) is 3.53. The van der Waals surface area contributed by atoms with Crippen LogP contribution in [0.15, 0.2) is 85.2 Å². The minimum absolute atomic E-state index is 0.0189. The number of carboxylic acids is 1. The summed E-state index contributed by atoms with van der Waals surface area (Å²) in [5.41, 5.74) is 2.88. The zero-order chi connectivity index (χ0) is 26.6. The number of halogens is 4. The van der Waals surface area contributed by atoms with Crippen LogP contribution in [0.4, 0.5) is 13.2 Å². The second kappa shape index (κ2) is 10.8. The second-order valence-corrected chi connectivity index (χ2v) is 8.42. The van der Waals surface area contributed by atoms with Crippen molar-refractivity contribution < 1.29 is 32.6 Å². The number of carbonyl (C=O) groups is 2. The van der Waals surface area contributed by atoms with E-state index in [-0.39, 0.29) is 17.7 Å². The lowest BCUT2D eigenvalue weighted by Gasteiger charge is -2.14. The molecule has 37 heavy (non-hydrogen) atoms. The van der Waals surface area contributed by atoms with E-state index in [1.807, 2.05) is 0 Å². The minimum Gasteiger partial charge on any atom is -0.480 e. The molecule has 4 rings (SSSR count). The fraction of sp³-hybridized carbons (Fsp3) is 0.115. The van der Waals surface area contributed by atoms with E-state index < -0.39 is 24.3 Å². The predicted molar refractivity (Wildman–Crippen MR) is 130 cm³/mol. The molecule has 0 saturated heterocycles. The lowest BCUT2D eigenvalue weighted by Crippen LogP contribution is -2.42. The molecule has 1 unspecified atom stereocenters. The zero-order valence-corrected chi connectivity index (χ0v) is 19.7. The van der Waals surface area contributed by atoms with Crippen molar-refractivity contribution >= 4 is 23.5 Å². The summed E-state index contributed by atoms with van der Waals surface area (Å²) in [6.07, 6.45) is -1.93. The molecule has 0 aliphatic rings. The van der Waals surface area contributed by atoms with Gasteiger partial charge in [0.1, 0.15) is 11.8 Å². The van der Waals surface area contributed by atoms with Gasteiger partial charge in [-0.05, 0) is 53.1 Å². The average molecular weight is 530 g/mol. The van der Waals surface area contributed by atoms with Gasteiger partial charge in [0.25, 0.3) is 5.91 Å². The number of hydrogen-bond acceptors (Lipinski definition) is 4. The van der Waals surface area contributed by atoms with E-state index >= 15 is 0 Å². The molecule has 0 aliphatic carbocycles.